The van der Waals surface area contributed by atoms with Crippen LogP contribution >= 0.6 is 39.7 Å². The molecule has 3 nitrogen and oxygen atoms in total. The number of methoxy groups -OCH3 is 1. The predicted octanol–water partition coefficient (Wildman–Crippen LogP) is 4.95. The Bertz CT molecular complexity index is 709. The Morgan fingerprint density at radius 2 is 2.09 bits per heavy atom. The molecule has 0 spiro atoms. The van der Waals surface area contributed by atoms with Crippen molar-refractivity contribution in [3.63, 3.8) is 0 Å². The highest BCUT2D eigenvalue weighted by molar-refractivity contribution is 9.10. The minimum Gasteiger partial charge on any atom is -0.496 e. The highest BCUT2D eigenvalue weighted by Crippen LogP contribution is 2.25. The summed E-state index contributed by atoms with van der Waals surface area (Å²) in [5.41, 5.74) is 3.10. The second-order valence-electron chi connectivity index (χ2n) is 5.01. The number of hydrogen-bond acceptors (Lipinski definition) is 2. The number of anilines is 1. The third kappa shape index (κ3) is 5.09. The van der Waals surface area contributed by atoms with E-state index in [2.05, 4.69) is 32.6 Å². The molecule has 2 N–H and O–H groups in total. The highest BCUT2D eigenvalue weighted by atomic mass is 79.9. The van der Waals surface area contributed by atoms with Crippen molar-refractivity contribution in [3.8, 4) is 5.75 Å². The Morgan fingerprint density at radius 1 is 1.30 bits per heavy atom. The van der Waals surface area contributed by atoms with Crippen molar-refractivity contribution in [2.24, 2.45) is 0 Å². The lowest BCUT2D eigenvalue weighted by Gasteiger charge is -2.13. The molecule has 0 saturated carbocycles. The molecule has 0 bridgehead atoms. The van der Waals surface area contributed by atoms with Gasteiger partial charge in [-0.2, -0.15) is 0 Å². The molecule has 0 aromatic heterocycles. The summed E-state index contributed by atoms with van der Waals surface area (Å²) in [5, 5.41) is 7.69. The number of thiocarbonyl (C=S) groups is 1. The lowest BCUT2D eigenvalue weighted by atomic mass is 10.1. The van der Waals surface area contributed by atoms with E-state index in [9.17, 15) is 0 Å². The van der Waals surface area contributed by atoms with E-state index in [1.54, 1.807) is 7.11 Å². The number of nitrogens with one attached hydrogen (secondary N) is 2. The first kappa shape index (κ1) is 18.0. The van der Waals surface area contributed by atoms with Crippen molar-refractivity contribution in [1.29, 1.82) is 0 Å². The minimum atomic E-state index is 0.586. The molecular formula is C17H18BrClN2OS. The monoisotopic (exact) mass is 412 g/mol. The number of halogens is 2. The zero-order chi connectivity index (χ0) is 16.8. The number of hydrogen-bond donors (Lipinski definition) is 2. The maximum Gasteiger partial charge on any atom is 0.170 e. The first-order chi connectivity index (χ1) is 11.0. The molecular weight excluding hydrogens is 396 g/mol. The van der Waals surface area contributed by atoms with Crippen LogP contribution in [0.3, 0.4) is 0 Å². The van der Waals surface area contributed by atoms with Crippen LogP contribution in [-0.4, -0.2) is 18.8 Å². The van der Waals surface area contributed by atoms with Crippen LogP contribution in [0.4, 0.5) is 5.69 Å². The normalized spacial score (nSPS) is 10.3. The zero-order valence-corrected chi connectivity index (χ0v) is 16.1. The topological polar surface area (TPSA) is 33.3 Å². The molecule has 0 atom stereocenters. The van der Waals surface area contributed by atoms with Gasteiger partial charge in [0.25, 0.3) is 0 Å². The molecule has 0 heterocycles. The molecule has 0 fully saturated rings. The van der Waals surface area contributed by atoms with Crippen molar-refractivity contribution < 1.29 is 4.74 Å². The fourth-order valence-corrected chi connectivity index (χ4v) is 3.07. The van der Waals surface area contributed by atoms with Crippen LogP contribution in [-0.2, 0) is 6.42 Å². The van der Waals surface area contributed by atoms with E-state index in [0.717, 1.165) is 39.5 Å². The Hall–Kier alpha value is -1.30. The summed E-state index contributed by atoms with van der Waals surface area (Å²) in [6.45, 7) is 2.70. The fourth-order valence-electron chi connectivity index (χ4n) is 2.10. The van der Waals surface area contributed by atoms with E-state index in [1.165, 1.54) is 5.56 Å². The Balaban J connectivity index is 1.85. The third-order valence-corrected chi connectivity index (χ3v) is 4.71. The number of rotatable bonds is 5. The van der Waals surface area contributed by atoms with Gasteiger partial charge in [0.15, 0.2) is 5.11 Å². The van der Waals surface area contributed by atoms with E-state index >= 15 is 0 Å². The number of benzene rings is 2. The first-order valence-corrected chi connectivity index (χ1v) is 8.71. The SMILES string of the molecule is COc1ccc(CCNC(=S)Nc2cccc(Cl)c2C)cc1Br. The summed E-state index contributed by atoms with van der Waals surface area (Å²) in [6, 6.07) is 11.8. The fraction of sp³-hybridized carbons (Fsp3) is 0.235. The highest BCUT2D eigenvalue weighted by Gasteiger charge is 2.05. The van der Waals surface area contributed by atoms with E-state index in [4.69, 9.17) is 28.6 Å². The van der Waals surface area contributed by atoms with E-state index < -0.39 is 0 Å². The third-order valence-electron chi connectivity index (χ3n) is 3.43. The Labute approximate surface area is 155 Å². The van der Waals surface area contributed by atoms with E-state index in [-0.39, 0.29) is 0 Å². The van der Waals surface area contributed by atoms with Gasteiger partial charge in [0.2, 0.25) is 0 Å². The average molecular weight is 414 g/mol. The van der Waals surface area contributed by atoms with E-state index in [1.807, 2.05) is 37.3 Å². The van der Waals surface area contributed by atoms with Gasteiger partial charge >= 0.3 is 0 Å². The Kier molecular flexibility index (Phi) is 6.69. The summed E-state index contributed by atoms with van der Waals surface area (Å²) >= 11 is 14.9. The van der Waals surface area contributed by atoms with Gasteiger partial charge in [-0.1, -0.05) is 23.7 Å². The largest absolute Gasteiger partial charge is 0.496 e. The van der Waals surface area contributed by atoms with Crippen LogP contribution in [0.15, 0.2) is 40.9 Å². The Morgan fingerprint density at radius 3 is 2.78 bits per heavy atom. The lowest BCUT2D eigenvalue weighted by Crippen LogP contribution is -2.30. The van der Waals surface area contributed by atoms with E-state index in [0.29, 0.717) is 5.11 Å². The summed E-state index contributed by atoms with van der Waals surface area (Å²) in [5.74, 6) is 0.829. The quantitative estimate of drug-likeness (QED) is 0.680. The van der Waals surface area contributed by atoms with Gasteiger partial charge in [0, 0.05) is 17.3 Å². The van der Waals surface area contributed by atoms with Crippen molar-refractivity contribution in [1.82, 2.24) is 5.32 Å². The van der Waals surface area contributed by atoms with Crippen LogP contribution in [0.5, 0.6) is 5.75 Å². The molecule has 23 heavy (non-hydrogen) atoms. The van der Waals surface area contributed by atoms with Gasteiger partial charge in [-0.15, -0.1) is 0 Å². The smallest absolute Gasteiger partial charge is 0.170 e. The van der Waals surface area contributed by atoms with Gasteiger partial charge < -0.3 is 15.4 Å². The van der Waals surface area contributed by atoms with Gasteiger partial charge in [0.1, 0.15) is 5.75 Å². The molecule has 0 aliphatic carbocycles. The number of ether oxygens (including phenoxy) is 1. The van der Waals surface area contributed by atoms with Crippen LogP contribution < -0.4 is 15.4 Å². The summed E-state index contributed by atoms with van der Waals surface area (Å²) in [4.78, 5) is 0. The van der Waals surface area contributed by atoms with Crippen LogP contribution in [0, 0.1) is 6.92 Å². The van der Waals surface area contributed by atoms with Crippen LogP contribution in [0.2, 0.25) is 5.02 Å². The molecule has 0 amide bonds. The van der Waals surface area contributed by atoms with Crippen LogP contribution in [0.25, 0.3) is 0 Å². The van der Waals surface area contributed by atoms with Gasteiger partial charge in [0.05, 0.1) is 11.6 Å². The molecule has 0 aliphatic heterocycles. The maximum absolute atomic E-state index is 6.10. The molecule has 2 aromatic rings. The summed E-state index contributed by atoms with van der Waals surface area (Å²) in [7, 11) is 1.66. The van der Waals surface area contributed by atoms with Gasteiger partial charge in [-0.05, 0) is 76.9 Å². The van der Waals surface area contributed by atoms with Crippen molar-refractivity contribution >= 4 is 50.5 Å². The average Bonchev–Trinajstić information content (AvgIpc) is 2.52. The van der Waals surface area contributed by atoms with Crippen molar-refractivity contribution in [2.75, 3.05) is 19.0 Å². The zero-order valence-electron chi connectivity index (χ0n) is 13.0. The predicted molar refractivity (Wildman–Crippen MR) is 105 cm³/mol. The second kappa shape index (κ2) is 8.52. The molecule has 122 valence electrons. The second-order valence-corrected chi connectivity index (χ2v) is 6.68. The molecule has 6 heteroatoms. The molecule has 0 radical (unpaired) electrons. The molecule has 2 aromatic carbocycles. The van der Waals surface area contributed by atoms with Gasteiger partial charge in [-0.25, -0.2) is 0 Å². The molecule has 0 unspecified atom stereocenters. The first-order valence-electron chi connectivity index (χ1n) is 7.13. The van der Waals surface area contributed by atoms with Gasteiger partial charge in [-0.3, -0.25) is 0 Å². The molecule has 0 saturated heterocycles. The van der Waals surface area contributed by atoms with Crippen LogP contribution in [0.1, 0.15) is 11.1 Å². The molecule has 2 rings (SSSR count). The standard InChI is InChI=1S/C17H18BrClN2OS/c1-11-14(19)4-3-5-15(11)21-17(23)20-9-8-12-6-7-16(22-2)13(18)10-12/h3-7,10H,8-9H2,1-2H3,(H2,20,21,23). The maximum atomic E-state index is 6.10. The lowest BCUT2D eigenvalue weighted by molar-refractivity contribution is 0.412. The summed E-state index contributed by atoms with van der Waals surface area (Å²) in [6.07, 6.45) is 0.860. The molecule has 0 aliphatic rings. The summed E-state index contributed by atoms with van der Waals surface area (Å²) < 4.78 is 6.18. The van der Waals surface area contributed by atoms with Crippen molar-refractivity contribution in [3.05, 3.63) is 57.0 Å². The van der Waals surface area contributed by atoms with Crippen molar-refractivity contribution in [2.45, 2.75) is 13.3 Å². The minimum absolute atomic E-state index is 0.586.